The molecule has 112 valence electrons. The lowest BCUT2D eigenvalue weighted by atomic mass is 10.1. The molecule has 0 bridgehead atoms. The van der Waals surface area contributed by atoms with Crippen molar-refractivity contribution in [2.75, 3.05) is 0 Å². The van der Waals surface area contributed by atoms with E-state index < -0.39 is 10.1 Å². The van der Waals surface area contributed by atoms with Gasteiger partial charge < -0.3 is 4.74 Å². The standard InChI is InChI=1S/C17H14O4S/c18-22(19,20)17-11-10-16(14-8-4-5-9-15(14)17)21-12-13-6-2-1-3-7-13/h1-11H,12H2,(H,18,19,20). The molecule has 0 spiro atoms. The fourth-order valence-corrected chi connectivity index (χ4v) is 3.03. The number of benzene rings is 3. The summed E-state index contributed by atoms with van der Waals surface area (Å²) in [5, 5.41) is 1.09. The van der Waals surface area contributed by atoms with E-state index >= 15 is 0 Å². The first kappa shape index (κ1) is 14.6. The zero-order valence-corrected chi connectivity index (χ0v) is 12.5. The van der Waals surface area contributed by atoms with Crippen LogP contribution in [0.1, 0.15) is 5.56 Å². The molecule has 0 fully saturated rings. The average molecular weight is 314 g/mol. The molecule has 4 nitrogen and oxygen atoms in total. The Morgan fingerprint density at radius 1 is 0.818 bits per heavy atom. The summed E-state index contributed by atoms with van der Waals surface area (Å²) in [6.45, 7) is 0.385. The predicted octanol–water partition coefficient (Wildman–Crippen LogP) is 3.67. The van der Waals surface area contributed by atoms with Gasteiger partial charge in [0.1, 0.15) is 17.3 Å². The van der Waals surface area contributed by atoms with Gasteiger partial charge >= 0.3 is 0 Å². The molecule has 0 aromatic heterocycles. The van der Waals surface area contributed by atoms with Gasteiger partial charge in [0.05, 0.1) is 0 Å². The van der Waals surface area contributed by atoms with Crippen molar-refractivity contribution in [2.24, 2.45) is 0 Å². The highest BCUT2D eigenvalue weighted by Gasteiger charge is 2.16. The lowest BCUT2D eigenvalue weighted by Gasteiger charge is -2.11. The van der Waals surface area contributed by atoms with Crippen LogP contribution >= 0.6 is 0 Å². The summed E-state index contributed by atoms with van der Waals surface area (Å²) in [6.07, 6.45) is 0. The van der Waals surface area contributed by atoms with Gasteiger partial charge in [-0.15, -0.1) is 0 Å². The molecule has 3 aromatic rings. The molecule has 0 atom stereocenters. The second-order valence-corrected chi connectivity index (χ2v) is 6.25. The van der Waals surface area contributed by atoms with Crippen molar-refractivity contribution in [2.45, 2.75) is 11.5 Å². The highest BCUT2D eigenvalue weighted by atomic mass is 32.2. The van der Waals surface area contributed by atoms with Gasteiger partial charge in [0.2, 0.25) is 0 Å². The van der Waals surface area contributed by atoms with Gasteiger partial charge in [-0.1, -0.05) is 54.6 Å². The van der Waals surface area contributed by atoms with Crippen LogP contribution in [0.2, 0.25) is 0 Å². The van der Waals surface area contributed by atoms with Crippen LogP contribution < -0.4 is 4.74 Å². The molecular formula is C17H14O4S. The monoisotopic (exact) mass is 314 g/mol. The van der Waals surface area contributed by atoms with E-state index in [-0.39, 0.29) is 4.90 Å². The van der Waals surface area contributed by atoms with E-state index in [1.54, 1.807) is 30.3 Å². The van der Waals surface area contributed by atoms with Gasteiger partial charge in [-0.05, 0) is 17.7 Å². The van der Waals surface area contributed by atoms with Crippen molar-refractivity contribution in [3.63, 3.8) is 0 Å². The Morgan fingerprint density at radius 3 is 2.14 bits per heavy atom. The minimum absolute atomic E-state index is 0.116. The van der Waals surface area contributed by atoms with Crippen LogP contribution in [0.5, 0.6) is 5.75 Å². The Hall–Kier alpha value is -2.37. The van der Waals surface area contributed by atoms with Crippen molar-refractivity contribution in [1.29, 1.82) is 0 Å². The smallest absolute Gasteiger partial charge is 0.295 e. The molecule has 0 heterocycles. The highest BCUT2D eigenvalue weighted by Crippen LogP contribution is 2.31. The van der Waals surface area contributed by atoms with Crippen molar-refractivity contribution >= 4 is 20.9 Å². The van der Waals surface area contributed by atoms with Gasteiger partial charge in [-0.25, -0.2) is 0 Å². The van der Waals surface area contributed by atoms with Crippen LogP contribution in [0.3, 0.4) is 0 Å². The number of hydrogen-bond donors (Lipinski definition) is 1. The van der Waals surface area contributed by atoms with E-state index in [1.807, 2.05) is 30.3 Å². The van der Waals surface area contributed by atoms with Crippen molar-refractivity contribution in [3.05, 3.63) is 72.3 Å². The summed E-state index contributed by atoms with van der Waals surface area (Å²) >= 11 is 0. The topological polar surface area (TPSA) is 63.6 Å². The maximum atomic E-state index is 11.5. The number of hydrogen-bond acceptors (Lipinski definition) is 3. The Morgan fingerprint density at radius 2 is 1.45 bits per heavy atom. The average Bonchev–Trinajstić information content (AvgIpc) is 2.52. The molecule has 1 N–H and O–H groups in total. The highest BCUT2D eigenvalue weighted by molar-refractivity contribution is 7.86. The number of fused-ring (bicyclic) bond motifs is 1. The van der Waals surface area contributed by atoms with E-state index in [1.165, 1.54) is 6.07 Å². The van der Waals surface area contributed by atoms with Crippen LogP contribution in [0.4, 0.5) is 0 Å². The van der Waals surface area contributed by atoms with Gasteiger partial charge in [0, 0.05) is 10.8 Å². The lowest BCUT2D eigenvalue weighted by Crippen LogP contribution is -2.01. The Labute approximate surface area is 128 Å². The quantitative estimate of drug-likeness (QED) is 0.746. The second-order valence-electron chi connectivity index (χ2n) is 4.86. The van der Waals surface area contributed by atoms with Crippen molar-refractivity contribution < 1.29 is 17.7 Å². The second kappa shape index (κ2) is 5.79. The summed E-state index contributed by atoms with van der Waals surface area (Å²) in [5.41, 5.74) is 1.02. The minimum Gasteiger partial charge on any atom is -0.488 e. The van der Waals surface area contributed by atoms with Crippen LogP contribution in [0.15, 0.2) is 71.6 Å². The summed E-state index contributed by atoms with van der Waals surface area (Å²) in [5.74, 6) is 0.576. The predicted molar refractivity (Wildman–Crippen MR) is 84.5 cm³/mol. The van der Waals surface area contributed by atoms with Gasteiger partial charge in [0.15, 0.2) is 0 Å². The van der Waals surface area contributed by atoms with E-state index in [0.29, 0.717) is 23.1 Å². The summed E-state index contributed by atoms with van der Waals surface area (Å²) in [7, 11) is -4.27. The fourth-order valence-electron chi connectivity index (χ4n) is 2.33. The fraction of sp³-hybridized carbons (Fsp3) is 0.0588. The number of ether oxygens (including phenoxy) is 1. The third-order valence-electron chi connectivity index (χ3n) is 3.36. The van der Waals surface area contributed by atoms with Gasteiger partial charge in [-0.2, -0.15) is 8.42 Å². The Balaban J connectivity index is 2.01. The zero-order chi connectivity index (χ0) is 15.6. The lowest BCUT2D eigenvalue weighted by molar-refractivity contribution is 0.310. The van der Waals surface area contributed by atoms with Crippen LogP contribution in [0.25, 0.3) is 10.8 Å². The molecule has 0 radical (unpaired) electrons. The van der Waals surface area contributed by atoms with E-state index in [0.717, 1.165) is 5.56 Å². The Bertz CT molecular complexity index is 902. The maximum Gasteiger partial charge on any atom is 0.295 e. The molecular weight excluding hydrogens is 300 g/mol. The third kappa shape index (κ3) is 2.95. The van der Waals surface area contributed by atoms with E-state index in [2.05, 4.69) is 0 Å². The SMILES string of the molecule is O=S(=O)(O)c1ccc(OCc2ccccc2)c2ccccc12. The van der Waals surface area contributed by atoms with Crippen molar-refractivity contribution in [3.8, 4) is 5.75 Å². The van der Waals surface area contributed by atoms with Crippen LogP contribution in [0, 0.1) is 0 Å². The first-order chi connectivity index (χ1) is 10.6. The largest absolute Gasteiger partial charge is 0.488 e. The number of rotatable bonds is 4. The molecule has 0 saturated carbocycles. The minimum atomic E-state index is -4.27. The Kier molecular flexibility index (Phi) is 3.83. The normalized spacial score (nSPS) is 11.5. The summed E-state index contributed by atoms with van der Waals surface area (Å²) in [4.78, 5) is -0.116. The maximum absolute atomic E-state index is 11.5. The molecule has 0 aliphatic rings. The molecule has 3 rings (SSSR count). The summed E-state index contributed by atoms with van der Waals surface area (Å²) in [6, 6.07) is 19.5. The molecule has 0 aliphatic carbocycles. The van der Waals surface area contributed by atoms with E-state index in [9.17, 15) is 13.0 Å². The molecule has 0 unspecified atom stereocenters. The summed E-state index contributed by atoms with van der Waals surface area (Å²) < 4.78 is 38.0. The zero-order valence-electron chi connectivity index (χ0n) is 11.6. The molecule has 0 saturated heterocycles. The van der Waals surface area contributed by atoms with Gasteiger partial charge in [-0.3, -0.25) is 4.55 Å². The third-order valence-corrected chi connectivity index (χ3v) is 4.27. The molecule has 0 amide bonds. The first-order valence-corrected chi connectivity index (χ1v) is 8.16. The molecule has 3 aromatic carbocycles. The van der Waals surface area contributed by atoms with Crippen molar-refractivity contribution in [1.82, 2.24) is 0 Å². The molecule has 22 heavy (non-hydrogen) atoms. The molecule has 0 aliphatic heterocycles. The van der Waals surface area contributed by atoms with Gasteiger partial charge in [0.25, 0.3) is 10.1 Å². The van der Waals surface area contributed by atoms with Crippen LogP contribution in [-0.2, 0) is 16.7 Å². The molecule has 5 heteroatoms. The first-order valence-electron chi connectivity index (χ1n) is 6.72. The van der Waals surface area contributed by atoms with Crippen LogP contribution in [-0.4, -0.2) is 13.0 Å². The van der Waals surface area contributed by atoms with E-state index in [4.69, 9.17) is 4.74 Å².